The third kappa shape index (κ3) is 2.58. The first-order valence-electron chi connectivity index (χ1n) is 9.05. The molecule has 0 saturated carbocycles. The highest BCUT2D eigenvalue weighted by Crippen LogP contribution is 2.31. The van der Waals surface area contributed by atoms with Crippen LogP contribution in [-0.2, 0) is 13.1 Å². The Hall–Kier alpha value is -2.39. The highest BCUT2D eigenvalue weighted by atomic mass is 79.9. The van der Waals surface area contributed by atoms with Gasteiger partial charge >= 0.3 is 0 Å². The SMILES string of the molecule is CCn1c2ccccc2c2cc(C=C3CC[n+]4ccccc43)ccc21.[Br-]. The van der Waals surface area contributed by atoms with Crippen molar-refractivity contribution in [3.05, 3.63) is 78.1 Å². The maximum Gasteiger partial charge on any atom is 0.208 e. The van der Waals surface area contributed by atoms with E-state index in [1.807, 2.05) is 0 Å². The molecule has 4 aromatic rings. The topological polar surface area (TPSA) is 8.81 Å². The first-order valence-corrected chi connectivity index (χ1v) is 9.05. The predicted molar refractivity (Wildman–Crippen MR) is 104 cm³/mol. The largest absolute Gasteiger partial charge is 1.00 e. The van der Waals surface area contributed by atoms with Crippen LogP contribution in [0.5, 0.6) is 0 Å². The van der Waals surface area contributed by atoms with E-state index in [9.17, 15) is 0 Å². The van der Waals surface area contributed by atoms with Crippen LogP contribution in [0.2, 0.25) is 0 Å². The molecular weight excluding hydrogens is 384 g/mol. The van der Waals surface area contributed by atoms with Gasteiger partial charge in [-0.15, -0.1) is 0 Å². The van der Waals surface area contributed by atoms with Crippen molar-refractivity contribution in [1.82, 2.24) is 4.57 Å². The molecule has 0 aliphatic carbocycles. The van der Waals surface area contributed by atoms with Gasteiger partial charge < -0.3 is 21.5 Å². The van der Waals surface area contributed by atoms with E-state index in [0.717, 1.165) is 19.5 Å². The van der Waals surface area contributed by atoms with Crippen molar-refractivity contribution >= 4 is 33.5 Å². The van der Waals surface area contributed by atoms with Gasteiger partial charge in [0, 0.05) is 52.5 Å². The third-order valence-corrected chi connectivity index (χ3v) is 5.35. The number of halogens is 1. The van der Waals surface area contributed by atoms with E-state index in [-0.39, 0.29) is 17.0 Å². The van der Waals surface area contributed by atoms with Gasteiger partial charge in [-0.1, -0.05) is 24.3 Å². The van der Waals surface area contributed by atoms with Gasteiger partial charge in [0.15, 0.2) is 12.7 Å². The van der Waals surface area contributed by atoms with Gasteiger partial charge in [-0.2, -0.15) is 4.57 Å². The van der Waals surface area contributed by atoms with E-state index >= 15 is 0 Å². The number of fused-ring (bicyclic) bond motifs is 4. The summed E-state index contributed by atoms with van der Waals surface area (Å²) in [4.78, 5) is 0. The van der Waals surface area contributed by atoms with Crippen LogP contribution in [0.1, 0.15) is 24.6 Å². The van der Waals surface area contributed by atoms with Crippen molar-refractivity contribution in [2.24, 2.45) is 0 Å². The summed E-state index contributed by atoms with van der Waals surface area (Å²) in [5.74, 6) is 0. The number of pyridine rings is 1. The average molecular weight is 405 g/mol. The monoisotopic (exact) mass is 404 g/mol. The molecule has 0 fully saturated rings. The number of allylic oxidation sites excluding steroid dienone is 1. The van der Waals surface area contributed by atoms with Crippen molar-refractivity contribution in [3.63, 3.8) is 0 Å². The Morgan fingerprint density at radius 3 is 2.65 bits per heavy atom. The van der Waals surface area contributed by atoms with Crippen LogP contribution in [0, 0.1) is 0 Å². The lowest BCUT2D eigenvalue weighted by Crippen LogP contribution is -3.00. The van der Waals surface area contributed by atoms with E-state index in [4.69, 9.17) is 0 Å². The first kappa shape index (κ1) is 17.0. The standard InChI is InChI=1S/C23H21N2.BrH/c1-2-25-22-9-4-3-7-19(22)20-16-17(10-11-23(20)25)15-18-12-14-24-13-6-5-8-21(18)24;/h3-11,13,15-16H,2,12,14H2,1H3;1H/q+1;/p-1. The molecule has 1 aliphatic heterocycles. The van der Waals surface area contributed by atoms with Gasteiger partial charge in [0.05, 0.1) is 0 Å². The number of hydrogen-bond donors (Lipinski definition) is 0. The predicted octanol–water partition coefficient (Wildman–Crippen LogP) is 2.05. The Labute approximate surface area is 164 Å². The lowest BCUT2D eigenvalue weighted by atomic mass is 10.0. The second-order valence-corrected chi connectivity index (χ2v) is 6.74. The Balaban J connectivity index is 0.00000168. The van der Waals surface area contributed by atoms with E-state index < -0.39 is 0 Å². The van der Waals surface area contributed by atoms with Crippen molar-refractivity contribution in [2.45, 2.75) is 26.4 Å². The molecule has 2 aromatic carbocycles. The zero-order valence-corrected chi connectivity index (χ0v) is 16.4. The van der Waals surface area contributed by atoms with Gasteiger partial charge in [-0.3, -0.25) is 0 Å². The van der Waals surface area contributed by atoms with E-state index in [1.54, 1.807) is 0 Å². The summed E-state index contributed by atoms with van der Waals surface area (Å²) < 4.78 is 4.75. The fraction of sp³-hybridized carbons (Fsp3) is 0.174. The molecule has 26 heavy (non-hydrogen) atoms. The van der Waals surface area contributed by atoms with Crippen LogP contribution < -0.4 is 21.5 Å². The molecule has 0 amide bonds. The van der Waals surface area contributed by atoms with Gasteiger partial charge in [0.2, 0.25) is 5.69 Å². The number of benzene rings is 2. The van der Waals surface area contributed by atoms with Crippen LogP contribution in [0.25, 0.3) is 33.5 Å². The van der Waals surface area contributed by atoms with Crippen LogP contribution in [0.3, 0.4) is 0 Å². The summed E-state index contributed by atoms with van der Waals surface area (Å²) in [6, 6.07) is 22.1. The van der Waals surface area contributed by atoms with Crippen LogP contribution in [-0.4, -0.2) is 4.57 Å². The number of aryl methyl sites for hydroxylation is 2. The van der Waals surface area contributed by atoms with Crippen molar-refractivity contribution in [3.8, 4) is 0 Å². The molecule has 0 spiro atoms. The zero-order valence-electron chi connectivity index (χ0n) is 14.8. The molecule has 5 rings (SSSR count). The lowest BCUT2D eigenvalue weighted by Gasteiger charge is -2.03. The minimum Gasteiger partial charge on any atom is -1.00 e. The molecule has 130 valence electrons. The number of nitrogens with zero attached hydrogens (tertiary/aromatic N) is 2. The van der Waals surface area contributed by atoms with Crippen molar-refractivity contribution in [1.29, 1.82) is 0 Å². The third-order valence-electron chi connectivity index (χ3n) is 5.35. The normalized spacial score (nSPS) is 14.7. The average Bonchev–Trinajstić information content (AvgIpc) is 3.21. The van der Waals surface area contributed by atoms with Gasteiger partial charge in [0.1, 0.15) is 0 Å². The van der Waals surface area contributed by atoms with Gasteiger partial charge in [-0.05, 0) is 42.8 Å². The molecule has 2 aromatic heterocycles. The van der Waals surface area contributed by atoms with Gasteiger partial charge in [0.25, 0.3) is 0 Å². The first-order chi connectivity index (χ1) is 12.3. The minimum absolute atomic E-state index is 0. The molecule has 0 bridgehead atoms. The summed E-state index contributed by atoms with van der Waals surface area (Å²) in [5, 5.41) is 2.70. The summed E-state index contributed by atoms with van der Waals surface area (Å²) in [6.45, 7) is 4.29. The number of hydrogen-bond acceptors (Lipinski definition) is 0. The van der Waals surface area contributed by atoms with E-state index in [1.165, 1.54) is 38.6 Å². The fourth-order valence-corrected chi connectivity index (χ4v) is 4.18. The molecule has 2 nitrogen and oxygen atoms in total. The Morgan fingerprint density at radius 2 is 1.77 bits per heavy atom. The zero-order chi connectivity index (χ0) is 16.8. The number of rotatable bonds is 2. The molecular formula is C23H21BrN2. The maximum absolute atomic E-state index is 2.41. The summed E-state index contributed by atoms with van der Waals surface area (Å²) >= 11 is 0. The maximum atomic E-state index is 2.41. The fourth-order valence-electron chi connectivity index (χ4n) is 4.18. The van der Waals surface area contributed by atoms with Crippen molar-refractivity contribution < 1.29 is 21.5 Å². The summed E-state index contributed by atoms with van der Waals surface area (Å²) in [6.07, 6.45) is 5.64. The quantitative estimate of drug-likeness (QED) is 0.452. The molecule has 3 heterocycles. The Bertz CT molecular complexity index is 1140. The summed E-state index contributed by atoms with van der Waals surface area (Å²) in [5.41, 5.74) is 6.72. The molecule has 0 saturated heterocycles. The highest BCUT2D eigenvalue weighted by Gasteiger charge is 2.22. The Morgan fingerprint density at radius 1 is 0.962 bits per heavy atom. The second kappa shape index (κ2) is 6.73. The number of para-hydroxylation sites is 1. The highest BCUT2D eigenvalue weighted by molar-refractivity contribution is 6.08. The Kier molecular flexibility index (Phi) is 4.41. The van der Waals surface area contributed by atoms with Crippen LogP contribution in [0.15, 0.2) is 66.9 Å². The molecule has 1 aliphatic rings. The second-order valence-electron chi connectivity index (χ2n) is 6.74. The molecule has 0 N–H and O–H groups in total. The molecule has 0 atom stereocenters. The molecule has 0 radical (unpaired) electrons. The summed E-state index contributed by atoms with van der Waals surface area (Å²) in [7, 11) is 0. The molecule has 0 unspecified atom stereocenters. The smallest absolute Gasteiger partial charge is 0.208 e. The minimum atomic E-state index is 0. The van der Waals surface area contributed by atoms with Crippen molar-refractivity contribution in [2.75, 3.05) is 0 Å². The number of aromatic nitrogens is 2. The van der Waals surface area contributed by atoms with Gasteiger partial charge in [-0.25, -0.2) is 0 Å². The van der Waals surface area contributed by atoms with E-state index in [0.29, 0.717) is 0 Å². The molecule has 3 heteroatoms. The van der Waals surface area contributed by atoms with Crippen LogP contribution in [0.4, 0.5) is 0 Å². The lowest BCUT2D eigenvalue weighted by molar-refractivity contribution is -0.689. The van der Waals surface area contributed by atoms with E-state index in [2.05, 4.69) is 89.0 Å². The van der Waals surface area contributed by atoms with Crippen LogP contribution >= 0.6 is 0 Å².